The van der Waals surface area contributed by atoms with Crippen LogP contribution in [0.2, 0.25) is 0 Å². The predicted molar refractivity (Wildman–Crippen MR) is 79.3 cm³/mol. The van der Waals surface area contributed by atoms with E-state index in [1.165, 1.54) is 5.56 Å². The van der Waals surface area contributed by atoms with Gasteiger partial charge in [-0.1, -0.05) is 25.5 Å². The number of unbranched alkanes of at least 4 members (excludes halogenated alkanes) is 1. The fraction of sp³-hybridized carbons (Fsp3) is 0.400. The Morgan fingerprint density at radius 2 is 1.80 bits per heavy atom. The Morgan fingerprint density at radius 3 is 2.30 bits per heavy atom. The van der Waals surface area contributed by atoms with Crippen LogP contribution >= 0.6 is 0 Å². The van der Waals surface area contributed by atoms with Gasteiger partial charge in [-0.15, -0.1) is 0 Å². The summed E-state index contributed by atoms with van der Waals surface area (Å²) in [5, 5.41) is 4.06. The topological polar surface area (TPSA) is 52.0 Å². The minimum absolute atomic E-state index is 0.281. The third-order valence-electron chi connectivity index (χ3n) is 3.24. The molecular formula is C15H20N2O2S. The Bertz CT molecular complexity index is 685. The van der Waals surface area contributed by atoms with Crippen molar-refractivity contribution in [1.82, 2.24) is 9.19 Å². The first-order valence-corrected chi connectivity index (χ1v) is 8.27. The van der Waals surface area contributed by atoms with Crippen molar-refractivity contribution >= 4 is 10.0 Å². The van der Waals surface area contributed by atoms with E-state index in [0.29, 0.717) is 11.4 Å². The molecule has 0 radical (unpaired) electrons. The maximum absolute atomic E-state index is 12.5. The van der Waals surface area contributed by atoms with E-state index in [-0.39, 0.29) is 4.90 Å². The second kappa shape index (κ2) is 5.79. The van der Waals surface area contributed by atoms with Gasteiger partial charge in [-0.3, -0.25) is 0 Å². The molecule has 0 spiro atoms. The summed E-state index contributed by atoms with van der Waals surface area (Å²) in [5.74, 6) is 0. The van der Waals surface area contributed by atoms with Crippen LogP contribution in [-0.2, 0) is 16.4 Å². The van der Waals surface area contributed by atoms with E-state index >= 15 is 0 Å². The quantitative estimate of drug-likeness (QED) is 0.851. The van der Waals surface area contributed by atoms with Gasteiger partial charge in [-0.05, 0) is 50.5 Å². The molecule has 20 heavy (non-hydrogen) atoms. The van der Waals surface area contributed by atoms with Crippen molar-refractivity contribution in [2.45, 2.75) is 44.9 Å². The number of aromatic nitrogens is 2. The van der Waals surface area contributed by atoms with Crippen LogP contribution < -0.4 is 0 Å². The molecule has 1 aromatic carbocycles. The molecule has 0 amide bonds. The standard InChI is InChI=1S/C15H20N2O2S/c1-4-5-6-14-7-9-15(10-8-14)20(18,19)17-13(3)11-12(2)16-17/h7-11H,4-6H2,1-3H3. The van der Waals surface area contributed by atoms with Crippen LogP contribution in [0.4, 0.5) is 0 Å². The van der Waals surface area contributed by atoms with Gasteiger partial charge in [0, 0.05) is 0 Å². The highest BCUT2D eigenvalue weighted by Crippen LogP contribution is 2.17. The molecule has 0 bridgehead atoms. The van der Waals surface area contributed by atoms with E-state index in [1.54, 1.807) is 32.0 Å². The molecule has 1 aromatic heterocycles. The summed E-state index contributed by atoms with van der Waals surface area (Å²) in [6.45, 7) is 5.67. The van der Waals surface area contributed by atoms with Gasteiger partial charge in [0.2, 0.25) is 0 Å². The van der Waals surface area contributed by atoms with Crippen LogP contribution in [0.1, 0.15) is 36.7 Å². The molecule has 2 aromatic rings. The van der Waals surface area contributed by atoms with Crippen LogP contribution in [0.15, 0.2) is 35.2 Å². The van der Waals surface area contributed by atoms with E-state index in [4.69, 9.17) is 0 Å². The zero-order valence-electron chi connectivity index (χ0n) is 12.1. The Hall–Kier alpha value is -1.62. The molecule has 0 fully saturated rings. The highest BCUT2D eigenvalue weighted by atomic mass is 32.2. The smallest absolute Gasteiger partial charge is 0.199 e. The molecule has 0 atom stereocenters. The lowest BCUT2D eigenvalue weighted by Crippen LogP contribution is -2.16. The van der Waals surface area contributed by atoms with Crippen LogP contribution in [0, 0.1) is 13.8 Å². The van der Waals surface area contributed by atoms with Gasteiger partial charge < -0.3 is 0 Å². The number of hydrogen-bond acceptors (Lipinski definition) is 3. The summed E-state index contributed by atoms with van der Waals surface area (Å²) in [4.78, 5) is 0.281. The van der Waals surface area contributed by atoms with Crippen molar-refractivity contribution in [2.75, 3.05) is 0 Å². The molecule has 0 aliphatic heterocycles. The molecular weight excluding hydrogens is 272 g/mol. The Kier molecular flexibility index (Phi) is 4.28. The van der Waals surface area contributed by atoms with Crippen LogP contribution in [-0.4, -0.2) is 17.6 Å². The minimum Gasteiger partial charge on any atom is -0.199 e. The number of hydrogen-bond donors (Lipinski definition) is 0. The van der Waals surface area contributed by atoms with E-state index < -0.39 is 10.0 Å². The molecule has 4 nitrogen and oxygen atoms in total. The van der Waals surface area contributed by atoms with Crippen molar-refractivity contribution in [3.8, 4) is 0 Å². The van der Waals surface area contributed by atoms with Gasteiger partial charge >= 0.3 is 0 Å². The molecule has 0 aliphatic rings. The zero-order chi connectivity index (χ0) is 14.8. The summed E-state index contributed by atoms with van der Waals surface area (Å²) in [5.41, 5.74) is 2.49. The lowest BCUT2D eigenvalue weighted by molar-refractivity contribution is 0.577. The van der Waals surface area contributed by atoms with Crippen LogP contribution in [0.3, 0.4) is 0 Å². The average molecular weight is 292 g/mol. The summed E-state index contributed by atoms with van der Waals surface area (Å²) in [7, 11) is -3.58. The van der Waals surface area contributed by atoms with E-state index in [9.17, 15) is 8.42 Å². The summed E-state index contributed by atoms with van der Waals surface area (Å²) >= 11 is 0. The number of nitrogens with zero attached hydrogens (tertiary/aromatic N) is 2. The third-order valence-corrected chi connectivity index (χ3v) is 4.93. The molecule has 0 saturated carbocycles. The second-order valence-electron chi connectivity index (χ2n) is 5.02. The summed E-state index contributed by atoms with van der Waals surface area (Å²) in [6.07, 6.45) is 3.23. The predicted octanol–water partition coefficient (Wildman–Crippen LogP) is 3.08. The highest BCUT2D eigenvalue weighted by molar-refractivity contribution is 7.89. The SMILES string of the molecule is CCCCc1ccc(S(=O)(=O)n2nc(C)cc2C)cc1. The number of aryl methyl sites for hydroxylation is 3. The van der Waals surface area contributed by atoms with Gasteiger partial charge in [-0.2, -0.15) is 17.6 Å². The van der Waals surface area contributed by atoms with Gasteiger partial charge in [-0.25, -0.2) is 0 Å². The molecule has 108 valence electrons. The summed E-state index contributed by atoms with van der Waals surface area (Å²) < 4.78 is 26.1. The Balaban J connectivity index is 2.33. The van der Waals surface area contributed by atoms with Gasteiger partial charge in [0.1, 0.15) is 0 Å². The Morgan fingerprint density at radius 1 is 1.15 bits per heavy atom. The fourth-order valence-corrected chi connectivity index (χ4v) is 3.51. The maximum atomic E-state index is 12.5. The van der Waals surface area contributed by atoms with Crippen molar-refractivity contribution in [3.05, 3.63) is 47.3 Å². The number of benzene rings is 1. The van der Waals surface area contributed by atoms with Gasteiger partial charge in [0.05, 0.1) is 16.3 Å². The first kappa shape index (κ1) is 14.8. The van der Waals surface area contributed by atoms with Crippen LogP contribution in [0.25, 0.3) is 0 Å². The largest absolute Gasteiger partial charge is 0.283 e. The maximum Gasteiger partial charge on any atom is 0.283 e. The molecule has 5 heteroatoms. The second-order valence-corrected chi connectivity index (χ2v) is 6.79. The van der Waals surface area contributed by atoms with E-state index in [2.05, 4.69) is 12.0 Å². The number of rotatable bonds is 5. The fourth-order valence-electron chi connectivity index (χ4n) is 2.16. The minimum atomic E-state index is -3.58. The normalized spacial score (nSPS) is 11.8. The van der Waals surface area contributed by atoms with E-state index in [0.717, 1.165) is 23.3 Å². The first-order valence-electron chi connectivity index (χ1n) is 6.83. The van der Waals surface area contributed by atoms with Gasteiger partial charge in [0.15, 0.2) is 0 Å². The zero-order valence-corrected chi connectivity index (χ0v) is 12.9. The van der Waals surface area contributed by atoms with Crippen molar-refractivity contribution in [3.63, 3.8) is 0 Å². The monoisotopic (exact) mass is 292 g/mol. The van der Waals surface area contributed by atoms with Crippen molar-refractivity contribution < 1.29 is 8.42 Å². The van der Waals surface area contributed by atoms with Crippen molar-refractivity contribution in [2.24, 2.45) is 0 Å². The van der Waals surface area contributed by atoms with Gasteiger partial charge in [0.25, 0.3) is 10.0 Å². The highest BCUT2D eigenvalue weighted by Gasteiger charge is 2.19. The van der Waals surface area contributed by atoms with Crippen molar-refractivity contribution in [1.29, 1.82) is 0 Å². The molecule has 0 N–H and O–H groups in total. The lowest BCUT2D eigenvalue weighted by atomic mass is 10.1. The Labute approximate surface area is 120 Å². The lowest BCUT2D eigenvalue weighted by Gasteiger charge is -2.07. The molecule has 1 heterocycles. The first-order chi connectivity index (χ1) is 9.45. The summed E-state index contributed by atoms with van der Waals surface area (Å²) in [6, 6.07) is 8.85. The van der Waals surface area contributed by atoms with E-state index in [1.807, 2.05) is 12.1 Å². The molecule has 0 aliphatic carbocycles. The molecule has 2 rings (SSSR count). The van der Waals surface area contributed by atoms with Crippen LogP contribution in [0.5, 0.6) is 0 Å². The average Bonchev–Trinajstić information content (AvgIpc) is 2.76. The third kappa shape index (κ3) is 2.93. The molecule has 0 saturated heterocycles. The molecule has 0 unspecified atom stereocenters.